The molecule has 2 heterocycles. The first-order chi connectivity index (χ1) is 6.41. The molecule has 0 unspecified atom stereocenters. The van der Waals surface area contributed by atoms with Crippen LogP contribution >= 0.6 is 23.7 Å². The number of hydrogen-bond acceptors (Lipinski definition) is 2. The van der Waals surface area contributed by atoms with Crippen LogP contribution in [0.1, 0.15) is 25.7 Å². The Labute approximate surface area is 115 Å². The molecule has 0 aromatic rings. The van der Waals surface area contributed by atoms with Gasteiger partial charge in [0.2, 0.25) is 0 Å². The van der Waals surface area contributed by atoms with E-state index in [-0.39, 0.29) is 32.4 Å². The summed E-state index contributed by atoms with van der Waals surface area (Å²) in [5.74, 6) is 0. The van der Waals surface area contributed by atoms with E-state index in [1.807, 2.05) is 0 Å². The second-order valence-electron chi connectivity index (χ2n) is 2.69. The normalized spacial score (nSPS) is 19.8. The van der Waals surface area contributed by atoms with E-state index in [4.69, 9.17) is 9.47 Å². The molecule has 0 spiro atoms. The molecule has 0 aromatic carbocycles. The van der Waals surface area contributed by atoms with Crippen molar-refractivity contribution in [2.75, 3.05) is 26.4 Å². The SMILES string of the molecule is C1CCOC1.C1CCOC1.[I][Eu][I]. The van der Waals surface area contributed by atoms with Gasteiger partial charge in [0, 0.05) is 26.4 Å². The Bertz CT molecular complexity index is 63.0. The van der Waals surface area contributed by atoms with Crippen molar-refractivity contribution in [3.8, 4) is 0 Å². The molecular formula is C8H16EuI2O2. The fraction of sp³-hybridized carbons (Fsp3) is 1.00. The van der Waals surface area contributed by atoms with Gasteiger partial charge in [-0.1, -0.05) is 0 Å². The van der Waals surface area contributed by atoms with Crippen molar-refractivity contribution in [1.82, 2.24) is 0 Å². The summed E-state index contributed by atoms with van der Waals surface area (Å²) >= 11 is 5.13. The van der Waals surface area contributed by atoms with Crippen molar-refractivity contribution in [2.45, 2.75) is 25.7 Å². The minimum atomic E-state index is 0.273. The van der Waals surface area contributed by atoms with Crippen LogP contribution in [0.15, 0.2) is 0 Å². The van der Waals surface area contributed by atoms with Crippen LogP contribution in [0, 0.1) is 32.4 Å². The van der Waals surface area contributed by atoms with Crippen LogP contribution in [-0.2, 0) is 9.47 Å². The quantitative estimate of drug-likeness (QED) is 0.432. The number of rotatable bonds is 0. The van der Waals surface area contributed by atoms with Gasteiger partial charge in [0.25, 0.3) is 0 Å². The fourth-order valence-electron chi connectivity index (χ4n) is 1.02. The van der Waals surface area contributed by atoms with Crippen LogP contribution in [0.25, 0.3) is 0 Å². The summed E-state index contributed by atoms with van der Waals surface area (Å²) < 4.78 is 9.89. The third-order valence-corrected chi connectivity index (χ3v) is 1.65. The molecule has 0 N–H and O–H groups in total. The molecular weight excluding hydrogens is 534 g/mol. The van der Waals surface area contributed by atoms with E-state index in [2.05, 4.69) is 23.7 Å². The molecule has 0 saturated carbocycles. The molecule has 2 aliphatic rings. The van der Waals surface area contributed by atoms with E-state index in [9.17, 15) is 0 Å². The maximum absolute atomic E-state index is 4.94. The summed E-state index contributed by atoms with van der Waals surface area (Å²) in [6.45, 7) is 4.00. The zero-order valence-electron chi connectivity index (χ0n) is 7.61. The summed E-state index contributed by atoms with van der Waals surface area (Å²) in [7, 11) is 0. The summed E-state index contributed by atoms with van der Waals surface area (Å²) in [5.41, 5.74) is 0. The molecule has 2 rings (SSSR count). The van der Waals surface area contributed by atoms with Crippen LogP contribution in [0.5, 0.6) is 0 Å². The first-order valence-electron chi connectivity index (χ1n) is 4.44. The van der Waals surface area contributed by atoms with Crippen LogP contribution in [-0.4, -0.2) is 26.4 Å². The summed E-state index contributed by atoms with van der Waals surface area (Å²) in [6, 6.07) is 0. The third kappa shape index (κ3) is 15.0. The zero-order valence-corrected chi connectivity index (χ0v) is 14.3. The third-order valence-electron chi connectivity index (χ3n) is 1.65. The molecule has 0 radical (unpaired) electrons. The molecule has 81 valence electrons. The van der Waals surface area contributed by atoms with Crippen LogP contribution in [0.3, 0.4) is 0 Å². The average molecular weight is 550 g/mol. The van der Waals surface area contributed by atoms with Crippen molar-refractivity contribution in [3.05, 3.63) is 0 Å². The van der Waals surface area contributed by atoms with E-state index in [0.717, 1.165) is 26.4 Å². The van der Waals surface area contributed by atoms with Crippen LogP contribution in [0.2, 0.25) is 0 Å². The van der Waals surface area contributed by atoms with Gasteiger partial charge in [0.1, 0.15) is 0 Å². The second kappa shape index (κ2) is 15.0. The van der Waals surface area contributed by atoms with Gasteiger partial charge in [0.15, 0.2) is 0 Å². The monoisotopic (exact) mass is 551 g/mol. The minimum absolute atomic E-state index is 0.273. The van der Waals surface area contributed by atoms with Crippen molar-refractivity contribution in [2.24, 2.45) is 0 Å². The molecule has 2 aliphatic heterocycles. The Morgan fingerprint density at radius 3 is 1.00 bits per heavy atom. The van der Waals surface area contributed by atoms with Gasteiger partial charge in [-0.3, -0.25) is 0 Å². The Kier molecular flexibility index (Phi) is 18.4. The van der Waals surface area contributed by atoms with Gasteiger partial charge in [-0.15, -0.1) is 0 Å². The van der Waals surface area contributed by atoms with Crippen molar-refractivity contribution in [1.29, 1.82) is 0 Å². The topological polar surface area (TPSA) is 18.5 Å². The van der Waals surface area contributed by atoms with Gasteiger partial charge < -0.3 is 9.47 Å². The molecule has 0 atom stereocenters. The molecule has 2 fully saturated rings. The Hall–Kier alpha value is 2.96. The molecule has 0 amide bonds. The molecule has 13 heavy (non-hydrogen) atoms. The van der Waals surface area contributed by atoms with Gasteiger partial charge in [-0.05, 0) is 25.7 Å². The van der Waals surface area contributed by atoms with Gasteiger partial charge in [-0.2, -0.15) is 0 Å². The molecule has 0 bridgehead atoms. The first kappa shape index (κ1) is 16.0. The van der Waals surface area contributed by atoms with Crippen molar-refractivity contribution >= 4 is 23.7 Å². The zero-order chi connectivity index (χ0) is 9.78. The Morgan fingerprint density at radius 1 is 0.692 bits per heavy atom. The molecule has 2 nitrogen and oxygen atoms in total. The number of hydrogen-bond donors (Lipinski definition) is 0. The Balaban J connectivity index is 0.000000174. The van der Waals surface area contributed by atoms with E-state index in [0.29, 0.717) is 0 Å². The first-order valence-corrected chi connectivity index (χ1v) is 18.4. The van der Waals surface area contributed by atoms with E-state index in [1.54, 1.807) is 0 Å². The Morgan fingerprint density at radius 2 is 0.923 bits per heavy atom. The second-order valence-corrected chi connectivity index (χ2v) is 20.7. The van der Waals surface area contributed by atoms with E-state index < -0.39 is 0 Å². The molecule has 2 saturated heterocycles. The average Bonchev–Trinajstić information content (AvgIpc) is 2.85. The van der Waals surface area contributed by atoms with Crippen molar-refractivity contribution < 1.29 is 41.9 Å². The number of ether oxygens (including phenoxy) is 2. The predicted molar refractivity (Wildman–Crippen MR) is 68.1 cm³/mol. The fourth-order valence-corrected chi connectivity index (χ4v) is 1.02. The molecule has 0 aliphatic carbocycles. The standard InChI is InChI=1S/2C4H8O.Eu.2HI/c2*1-2-4-5-3-1;;;/h2*1-4H2;;2*1H/q;;+2;;/p-2. The summed E-state index contributed by atoms with van der Waals surface area (Å²) in [4.78, 5) is 0. The molecule has 5 heteroatoms. The maximum atomic E-state index is 4.94. The number of halogens is 2. The van der Waals surface area contributed by atoms with E-state index >= 15 is 0 Å². The van der Waals surface area contributed by atoms with Gasteiger partial charge in [0.05, 0.1) is 0 Å². The molecule has 0 aromatic heterocycles. The van der Waals surface area contributed by atoms with Crippen LogP contribution < -0.4 is 0 Å². The summed E-state index contributed by atoms with van der Waals surface area (Å²) in [5, 5.41) is 0. The predicted octanol–water partition coefficient (Wildman–Crippen LogP) is 3.37. The van der Waals surface area contributed by atoms with Crippen molar-refractivity contribution in [3.63, 3.8) is 0 Å². The summed E-state index contributed by atoms with van der Waals surface area (Å²) in [6.07, 6.45) is 5.11. The van der Waals surface area contributed by atoms with Crippen LogP contribution in [0.4, 0.5) is 0 Å². The van der Waals surface area contributed by atoms with E-state index in [1.165, 1.54) is 25.7 Å². The van der Waals surface area contributed by atoms with Gasteiger partial charge in [-0.25, -0.2) is 0 Å². The van der Waals surface area contributed by atoms with Gasteiger partial charge >= 0.3 is 56.1 Å².